The lowest BCUT2D eigenvalue weighted by Gasteiger charge is -2.48. The van der Waals surface area contributed by atoms with Gasteiger partial charge in [0.25, 0.3) is 0 Å². The van der Waals surface area contributed by atoms with Gasteiger partial charge in [0.15, 0.2) is 5.78 Å². The van der Waals surface area contributed by atoms with E-state index in [0.29, 0.717) is 12.0 Å². The van der Waals surface area contributed by atoms with Crippen molar-refractivity contribution in [3.63, 3.8) is 0 Å². The zero-order valence-electron chi connectivity index (χ0n) is 15.3. The summed E-state index contributed by atoms with van der Waals surface area (Å²) in [5.74, 6) is -0.107. The molecule has 0 amide bonds. The summed E-state index contributed by atoms with van der Waals surface area (Å²) in [5.41, 5.74) is 3.40. The van der Waals surface area contributed by atoms with Crippen LogP contribution in [0, 0.1) is 11.3 Å². The van der Waals surface area contributed by atoms with Gasteiger partial charge in [0.2, 0.25) is 0 Å². The molecule has 2 rings (SSSR count). The third-order valence-corrected chi connectivity index (χ3v) is 5.72. The summed E-state index contributed by atoms with van der Waals surface area (Å²) < 4.78 is 5.71. The number of hydrogen-bond donors (Lipinski definition) is 1. The van der Waals surface area contributed by atoms with Crippen LogP contribution in [0.2, 0.25) is 0 Å². The van der Waals surface area contributed by atoms with Gasteiger partial charge in [0.1, 0.15) is 6.10 Å². The van der Waals surface area contributed by atoms with Gasteiger partial charge in [-0.2, -0.15) is 0 Å². The molecular formula is C20H28O4. The van der Waals surface area contributed by atoms with E-state index in [1.54, 1.807) is 13.0 Å². The molecule has 3 atom stereocenters. The minimum atomic E-state index is -0.369. The minimum Gasteiger partial charge on any atom is -0.459 e. The van der Waals surface area contributed by atoms with Crippen LogP contribution in [0.25, 0.3) is 0 Å². The molecule has 4 nitrogen and oxygen atoms in total. The number of fused-ring (bicyclic) bond motifs is 1. The molecule has 0 aromatic carbocycles. The highest BCUT2D eigenvalue weighted by Crippen LogP contribution is 2.52. The molecule has 4 heteroatoms. The lowest BCUT2D eigenvalue weighted by atomic mass is 9.58. The Morgan fingerprint density at radius 2 is 2.08 bits per heavy atom. The number of aliphatic hydroxyl groups is 1. The Labute approximate surface area is 144 Å². The molecule has 1 fully saturated rings. The van der Waals surface area contributed by atoms with E-state index in [2.05, 4.69) is 13.8 Å². The number of carbonyl (C=O) groups excluding carboxylic acids is 2. The summed E-state index contributed by atoms with van der Waals surface area (Å²) in [6.45, 7) is 9.72. The smallest absolute Gasteiger partial charge is 0.333 e. The normalized spacial score (nSPS) is 30.6. The fourth-order valence-electron chi connectivity index (χ4n) is 3.78. The average molecular weight is 332 g/mol. The standard InChI is InChI=1S/C20H28O4/c1-12(2)16-11-20(5)14(4)18(7-6-15(20)10-17(16)22)24-19(23)13(3)8-9-21/h8,10,14,18,21H,6-7,9,11H2,1-5H3. The molecular weight excluding hydrogens is 304 g/mol. The summed E-state index contributed by atoms with van der Waals surface area (Å²) in [6.07, 6.45) is 5.32. The zero-order valence-corrected chi connectivity index (χ0v) is 15.3. The van der Waals surface area contributed by atoms with Crippen LogP contribution in [0.1, 0.15) is 53.9 Å². The maximum atomic E-state index is 12.3. The van der Waals surface area contributed by atoms with Crippen LogP contribution in [0.5, 0.6) is 0 Å². The molecule has 3 unspecified atom stereocenters. The van der Waals surface area contributed by atoms with Gasteiger partial charge in [0, 0.05) is 11.5 Å². The fourth-order valence-corrected chi connectivity index (χ4v) is 3.78. The van der Waals surface area contributed by atoms with Crippen molar-refractivity contribution < 1.29 is 19.4 Å². The molecule has 0 bridgehead atoms. The second-order valence-corrected chi connectivity index (χ2v) is 7.45. The largest absolute Gasteiger partial charge is 0.459 e. The lowest BCUT2D eigenvalue weighted by molar-refractivity contribution is -0.151. The van der Waals surface area contributed by atoms with Crippen LogP contribution >= 0.6 is 0 Å². The molecule has 0 radical (unpaired) electrons. The van der Waals surface area contributed by atoms with Crippen LogP contribution in [-0.2, 0) is 14.3 Å². The van der Waals surface area contributed by atoms with Gasteiger partial charge < -0.3 is 9.84 Å². The highest BCUT2D eigenvalue weighted by molar-refractivity contribution is 6.06. The van der Waals surface area contributed by atoms with E-state index in [0.717, 1.165) is 24.0 Å². The van der Waals surface area contributed by atoms with E-state index in [4.69, 9.17) is 9.84 Å². The molecule has 0 aromatic heterocycles. The number of rotatable bonds is 3. The highest BCUT2D eigenvalue weighted by atomic mass is 16.5. The Hall–Kier alpha value is -1.68. The molecule has 0 aliphatic heterocycles. The maximum absolute atomic E-state index is 12.3. The van der Waals surface area contributed by atoms with E-state index >= 15 is 0 Å². The monoisotopic (exact) mass is 332 g/mol. The van der Waals surface area contributed by atoms with Gasteiger partial charge in [0.05, 0.1) is 6.61 Å². The van der Waals surface area contributed by atoms with Gasteiger partial charge in [-0.05, 0) is 63.2 Å². The minimum absolute atomic E-state index is 0.130. The number of esters is 1. The second kappa shape index (κ2) is 7.06. The molecule has 2 aliphatic carbocycles. The van der Waals surface area contributed by atoms with Crippen LogP contribution in [0.15, 0.2) is 34.4 Å². The first-order valence-electron chi connectivity index (χ1n) is 8.61. The molecule has 1 N–H and O–H groups in total. The van der Waals surface area contributed by atoms with Gasteiger partial charge in [-0.3, -0.25) is 4.79 Å². The number of ketones is 1. The van der Waals surface area contributed by atoms with Gasteiger partial charge >= 0.3 is 5.97 Å². The molecule has 0 saturated heterocycles. The van der Waals surface area contributed by atoms with E-state index < -0.39 is 0 Å². The third kappa shape index (κ3) is 3.39. The molecule has 0 heterocycles. The fraction of sp³-hybridized carbons (Fsp3) is 0.600. The zero-order chi connectivity index (χ0) is 18.1. The van der Waals surface area contributed by atoms with E-state index in [-0.39, 0.29) is 35.8 Å². The Morgan fingerprint density at radius 1 is 1.42 bits per heavy atom. The van der Waals surface area contributed by atoms with Crippen molar-refractivity contribution in [1.29, 1.82) is 0 Å². The molecule has 2 aliphatic rings. The number of allylic oxidation sites excluding steroid dienone is 4. The maximum Gasteiger partial charge on any atom is 0.333 e. The molecule has 24 heavy (non-hydrogen) atoms. The Morgan fingerprint density at radius 3 is 2.67 bits per heavy atom. The number of aliphatic hydroxyl groups excluding tert-OH is 1. The number of ether oxygens (including phenoxy) is 1. The van der Waals surface area contributed by atoms with Crippen molar-refractivity contribution in [3.8, 4) is 0 Å². The lowest BCUT2D eigenvalue weighted by Crippen LogP contribution is -2.45. The first kappa shape index (κ1) is 18.7. The van der Waals surface area contributed by atoms with Crippen molar-refractivity contribution >= 4 is 11.8 Å². The summed E-state index contributed by atoms with van der Waals surface area (Å²) in [6, 6.07) is 0. The van der Waals surface area contributed by atoms with Crippen molar-refractivity contribution in [2.75, 3.05) is 6.61 Å². The molecule has 132 valence electrons. The predicted octanol–water partition coefficient (Wildman–Crippen LogP) is 3.51. The number of carbonyl (C=O) groups is 2. The van der Waals surface area contributed by atoms with Crippen LogP contribution in [0.3, 0.4) is 0 Å². The molecule has 0 aromatic rings. The van der Waals surface area contributed by atoms with Crippen LogP contribution in [-0.4, -0.2) is 29.6 Å². The first-order valence-corrected chi connectivity index (χ1v) is 8.61. The number of hydrogen-bond acceptors (Lipinski definition) is 4. The Balaban J connectivity index is 2.25. The quantitative estimate of drug-likeness (QED) is 0.634. The van der Waals surface area contributed by atoms with Crippen molar-refractivity contribution in [3.05, 3.63) is 34.4 Å². The topological polar surface area (TPSA) is 63.6 Å². The van der Waals surface area contributed by atoms with Crippen molar-refractivity contribution in [2.45, 2.75) is 60.0 Å². The van der Waals surface area contributed by atoms with Crippen LogP contribution in [0.4, 0.5) is 0 Å². The first-order chi connectivity index (χ1) is 11.2. The third-order valence-electron chi connectivity index (χ3n) is 5.72. The van der Waals surface area contributed by atoms with Crippen LogP contribution < -0.4 is 0 Å². The SMILES string of the molecule is CC(=CCO)C(=O)OC1CCC2=CC(=O)C(=C(C)C)CC2(C)C1C. The second-order valence-electron chi connectivity index (χ2n) is 7.45. The van der Waals surface area contributed by atoms with E-state index in [1.807, 2.05) is 13.8 Å². The van der Waals surface area contributed by atoms with Gasteiger partial charge in [-0.1, -0.05) is 25.0 Å². The average Bonchev–Trinajstić information content (AvgIpc) is 2.51. The molecule has 0 spiro atoms. The van der Waals surface area contributed by atoms with Gasteiger partial charge in [-0.15, -0.1) is 0 Å². The summed E-state index contributed by atoms with van der Waals surface area (Å²) >= 11 is 0. The predicted molar refractivity (Wildman–Crippen MR) is 93.3 cm³/mol. The van der Waals surface area contributed by atoms with Crippen molar-refractivity contribution in [2.24, 2.45) is 11.3 Å². The Kier molecular flexibility index (Phi) is 5.49. The Bertz CT molecular complexity index is 634. The van der Waals surface area contributed by atoms with Crippen molar-refractivity contribution in [1.82, 2.24) is 0 Å². The van der Waals surface area contributed by atoms with Gasteiger partial charge in [-0.25, -0.2) is 4.79 Å². The summed E-state index contributed by atoms with van der Waals surface area (Å²) in [4.78, 5) is 24.5. The summed E-state index contributed by atoms with van der Waals surface area (Å²) in [7, 11) is 0. The highest BCUT2D eigenvalue weighted by Gasteiger charge is 2.47. The summed E-state index contributed by atoms with van der Waals surface area (Å²) in [5, 5.41) is 8.92. The van der Waals surface area contributed by atoms with E-state index in [9.17, 15) is 9.59 Å². The van der Waals surface area contributed by atoms with E-state index in [1.165, 1.54) is 11.6 Å². The molecule has 1 saturated carbocycles.